The third-order valence-corrected chi connectivity index (χ3v) is 4.20. The first-order valence-electron chi connectivity index (χ1n) is 7.58. The van der Waals surface area contributed by atoms with E-state index in [-0.39, 0.29) is 35.9 Å². The molecule has 0 aromatic carbocycles. The molecule has 1 aliphatic rings. The molecule has 1 saturated heterocycles. The fourth-order valence-corrected chi connectivity index (χ4v) is 3.11. The molecule has 0 aliphatic carbocycles. The first-order chi connectivity index (χ1) is 10.4. The van der Waals surface area contributed by atoms with Crippen molar-refractivity contribution in [1.29, 1.82) is 0 Å². The molecule has 23 heavy (non-hydrogen) atoms. The van der Waals surface area contributed by atoms with Crippen LogP contribution in [0.1, 0.15) is 32.8 Å². The number of esters is 1. The molecule has 1 atom stereocenters. The van der Waals surface area contributed by atoms with Crippen molar-refractivity contribution in [2.75, 3.05) is 20.1 Å². The fourth-order valence-electron chi connectivity index (χ4n) is 2.44. The lowest BCUT2D eigenvalue weighted by molar-refractivity contribution is -0.159. The Labute approximate surface area is 159 Å². The number of nitrogens with zero attached hydrogens (tertiary/aromatic N) is 2. The van der Waals surface area contributed by atoms with Gasteiger partial charge >= 0.3 is 5.97 Å². The van der Waals surface area contributed by atoms with E-state index in [0.29, 0.717) is 6.54 Å². The summed E-state index contributed by atoms with van der Waals surface area (Å²) < 4.78 is 5.48. The molecule has 0 radical (unpaired) electrons. The first kappa shape index (κ1) is 20.2. The van der Waals surface area contributed by atoms with Crippen LogP contribution >= 0.6 is 35.3 Å². The molecule has 0 spiro atoms. The van der Waals surface area contributed by atoms with Crippen molar-refractivity contribution in [2.24, 2.45) is 10.9 Å². The summed E-state index contributed by atoms with van der Waals surface area (Å²) in [6.07, 6.45) is 0.814. The van der Waals surface area contributed by atoms with Gasteiger partial charge in [0.15, 0.2) is 5.96 Å². The molecule has 1 unspecified atom stereocenters. The summed E-state index contributed by atoms with van der Waals surface area (Å²) in [5.41, 5.74) is 0.817. The molecule has 130 valence electrons. The van der Waals surface area contributed by atoms with Crippen LogP contribution in [0.5, 0.6) is 0 Å². The number of halogens is 1. The van der Waals surface area contributed by atoms with Gasteiger partial charge in [0.05, 0.1) is 5.92 Å². The van der Waals surface area contributed by atoms with Gasteiger partial charge in [0.1, 0.15) is 5.60 Å². The standard InChI is InChI=1S/C16H25N3O2S.HI/c1-16(2,3)21-14(20)13-5-7-19(10-13)15(17-4)18-9-12-6-8-22-11-12;/h6,8,11,13H,5,7,9-10H2,1-4H3,(H,17,18);1H. The Morgan fingerprint density at radius 1 is 1.52 bits per heavy atom. The van der Waals surface area contributed by atoms with Crippen LogP contribution in [0.15, 0.2) is 21.8 Å². The van der Waals surface area contributed by atoms with E-state index in [9.17, 15) is 4.79 Å². The molecule has 2 heterocycles. The monoisotopic (exact) mass is 451 g/mol. The molecule has 7 heteroatoms. The van der Waals surface area contributed by atoms with Crippen molar-refractivity contribution >= 4 is 47.2 Å². The number of carbonyl (C=O) groups excluding carboxylic acids is 1. The van der Waals surface area contributed by atoms with E-state index in [1.54, 1.807) is 18.4 Å². The summed E-state index contributed by atoms with van der Waals surface area (Å²) >= 11 is 1.69. The molecule has 2 rings (SSSR count). The maximum atomic E-state index is 12.2. The predicted octanol–water partition coefficient (Wildman–Crippen LogP) is 3.11. The number of rotatable bonds is 3. The number of hydrogen-bond donors (Lipinski definition) is 1. The molecule has 5 nitrogen and oxygen atoms in total. The van der Waals surface area contributed by atoms with Gasteiger partial charge in [0.2, 0.25) is 0 Å². The highest BCUT2D eigenvalue weighted by Gasteiger charge is 2.33. The second kappa shape index (κ2) is 8.86. The van der Waals surface area contributed by atoms with E-state index in [2.05, 4.69) is 32.0 Å². The number of thiophene rings is 1. The first-order valence-corrected chi connectivity index (χ1v) is 8.53. The van der Waals surface area contributed by atoms with E-state index in [1.807, 2.05) is 20.8 Å². The van der Waals surface area contributed by atoms with Gasteiger partial charge < -0.3 is 15.0 Å². The van der Waals surface area contributed by atoms with Crippen molar-refractivity contribution in [2.45, 2.75) is 39.3 Å². The largest absolute Gasteiger partial charge is 0.460 e. The fraction of sp³-hybridized carbons (Fsp3) is 0.625. The normalized spacial score (nSPS) is 18.5. The minimum absolute atomic E-state index is 0. The lowest BCUT2D eigenvalue weighted by Gasteiger charge is -2.23. The lowest BCUT2D eigenvalue weighted by atomic mass is 10.1. The molecule has 1 fully saturated rings. The Kier molecular flexibility index (Phi) is 7.79. The van der Waals surface area contributed by atoms with Gasteiger partial charge in [-0.3, -0.25) is 9.79 Å². The average molecular weight is 451 g/mol. The van der Waals surface area contributed by atoms with Crippen molar-refractivity contribution < 1.29 is 9.53 Å². The maximum Gasteiger partial charge on any atom is 0.311 e. The number of hydrogen-bond acceptors (Lipinski definition) is 4. The van der Waals surface area contributed by atoms with Crippen LogP contribution in [-0.2, 0) is 16.1 Å². The number of guanidine groups is 1. The highest BCUT2D eigenvalue weighted by molar-refractivity contribution is 14.0. The van der Waals surface area contributed by atoms with E-state index < -0.39 is 5.60 Å². The minimum atomic E-state index is -0.427. The zero-order valence-corrected chi connectivity index (χ0v) is 17.3. The smallest absolute Gasteiger partial charge is 0.311 e. The Morgan fingerprint density at radius 2 is 2.26 bits per heavy atom. The number of ether oxygens (including phenoxy) is 1. The molecule has 1 aromatic heterocycles. The van der Waals surface area contributed by atoms with Gasteiger partial charge in [-0.25, -0.2) is 0 Å². The van der Waals surface area contributed by atoms with E-state index >= 15 is 0 Å². The zero-order chi connectivity index (χ0) is 16.2. The summed E-state index contributed by atoms with van der Waals surface area (Å²) in [6.45, 7) is 7.95. The summed E-state index contributed by atoms with van der Waals surface area (Å²) in [7, 11) is 1.77. The van der Waals surface area contributed by atoms with Crippen LogP contribution in [0, 0.1) is 5.92 Å². The quantitative estimate of drug-likeness (QED) is 0.332. The topological polar surface area (TPSA) is 53.9 Å². The van der Waals surface area contributed by atoms with Crippen molar-refractivity contribution in [3.05, 3.63) is 22.4 Å². The molecule has 1 aromatic rings. The summed E-state index contributed by atoms with van der Waals surface area (Å²) in [6, 6.07) is 2.10. The lowest BCUT2D eigenvalue weighted by Crippen LogP contribution is -2.40. The van der Waals surface area contributed by atoms with Crippen LogP contribution in [0.4, 0.5) is 0 Å². The Balaban J connectivity index is 0.00000264. The van der Waals surface area contributed by atoms with Crippen molar-refractivity contribution in [1.82, 2.24) is 10.2 Å². The SMILES string of the molecule is CN=C(NCc1ccsc1)N1CCC(C(=O)OC(C)(C)C)C1.I. The Bertz CT molecular complexity index is 526. The van der Waals surface area contributed by atoms with Crippen LogP contribution in [0.2, 0.25) is 0 Å². The van der Waals surface area contributed by atoms with Crippen molar-refractivity contribution in [3.63, 3.8) is 0 Å². The molecular formula is C16H26IN3O2S. The minimum Gasteiger partial charge on any atom is -0.460 e. The van der Waals surface area contributed by atoms with Gasteiger partial charge in [-0.15, -0.1) is 24.0 Å². The zero-order valence-electron chi connectivity index (χ0n) is 14.2. The number of nitrogens with one attached hydrogen (secondary N) is 1. The molecular weight excluding hydrogens is 425 g/mol. The highest BCUT2D eigenvalue weighted by Crippen LogP contribution is 2.21. The van der Waals surface area contributed by atoms with Crippen molar-refractivity contribution in [3.8, 4) is 0 Å². The van der Waals surface area contributed by atoms with E-state index in [0.717, 1.165) is 25.5 Å². The Hall–Kier alpha value is -0.830. The summed E-state index contributed by atoms with van der Waals surface area (Å²) in [4.78, 5) is 18.6. The second-order valence-electron chi connectivity index (χ2n) is 6.50. The van der Waals surface area contributed by atoms with Gasteiger partial charge in [0.25, 0.3) is 0 Å². The van der Waals surface area contributed by atoms with E-state index in [4.69, 9.17) is 4.74 Å². The van der Waals surface area contributed by atoms with Crippen LogP contribution in [0.25, 0.3) is 0 Å². The van der Waals surface area contributed by atoms with Gasteiger partial charge in [-0.2, -0.15) is 11.3 Å². The van der Waals surface area contributed by atoms with Crippen LogP contribution in [0.3, 0.4) is 0 Å². The number of likely N-dealkylation sites (tertiary alicyclic amines) is 1. The van der Waals surface area contributed by atoms with Gasteiger partial charge in [0, 0.05) is 26.7 Å². The number of aliphatic imine (C=N–C) groups is 1. The maximum absolute atomic E-state index is 12.2. The molecule has 1 aliphatic heterocycles. The third kappa shape index (κ3) is 6.29. The third-order valence-electron chi connectivity index (χ3n) is 3.47. The molecule has 1 N–H and O–H groups in total. The number of carbonyl (C=O) groups is 1. The van der Waals surface area contributed by atoms with E-state index in [1.165, 1.54) is 5.56 Å². The highest BCUT2D eigenvalue weighted by atomic mass is 127. The van der Waals surface area contributed by atoms with Crippen LogP contribution in [-0.4, -0.2) is 42.6 Å². The van der Waals surface area contributed by atoms with Crippen LogP contribution < -0.4 is 5.32 Å². The molecule has 0 amide bonds. The predicted molar refractivity (Wildman–Crippen MR) is 105 cm³/mol. The Morgan fingerprint density at radius 3 is 2.83 bits per heavy atom. The molecule has 0 bridgehead atoms. The summed E-state index contributed by atoms with van der Waals surface area (Å²) in [5.74, 6) is 0.666. The summed E-state index contributed by atoms with van der Waals surface area (Å²) in [5, 5.41) is 7.53. The van der Waals surface area contributed by atoms with Gasteiger partial charge in [-0.1, -0.05) is 0 Å². The van der Waals surface area contributed by atoms with Gasteiger partial charge in [-0.05, 0) is 49.6 Å². The molecule has 0 saturated carbocycles. The average Bonchev–Trinajstić information content (AvgIpc) is 3.08. The second-order valence-corrected chi connectivity index (χ2v) is 7.28.